The van der Waals surface area contributed by atoms with Crippen molar-refractivity contribution in [1.29, 1.82) is 0 Å². The number of benzene rings is 5. The molecule has 0 saturated carbocycles. The molecular formula is C40H28N2. The molecule has 0 amide bonds. The fourth-order valence-corrected chi connectivity index (χ4v) is 6.45. The van der Waals surface area contributed by atoms with Gasteiger partial charge in [0.2, 0.25) is 0 Å². The normalized spacial score (nSPS) is 13.3. The number of pyridine rings is 1. The molecule has 0 aliphatic heterocycles. The second-order valence-corrected chi connectivity index (χ2v) is 10.8. The Morgan fingerprint density at radius 2 is 1.26 bits per heavy atom. The summed E-state index contributed by atoms with van der Waals surface area (Å²) in [5, 5.41) is 2.67. The van der Waals surface area contributed by atoms with E-state index in [4.69, 9.17) is 0 Å². The van der Waals surface area contributed by atoms with Gasteiger partial charge >= 0.3 is 0 Å². The minimum absolute atomic E-state index is 0.963. The van der Waals surface area contributed by atoms with Crippen molar-refractivity contribution < 1.29 is 0 Å². The Hall–Kier alpha value is -5.47. The number of fused-ring (bicyclic) bond motifs is 2. The second-order valence-electron chi connectivity index (χ2n) is 10.8. The molecule has 6 aromatic rings. The summed E-state index contributed by atoms with van der Waals surface area (Å²) in [6, 6.07) is 43.7. The minimum atomic E-state index is 0.963. The van der Waals surface area contributed by atoms with Crippen LogP contribution in [0.15, 0.2) is 158 Å². The first-order chi connectivity index (χ1) is 20.8. The number of aromatic nitrogens is 1. The molecule has 2 aliphatic rings. The summed E-state index contributed by atoms with van der Waals surface area (Å²) >= 11 is 0. The van der Waals surface area contributed by atoms with Crippen LogP contribution in [0.3, 0.4) is 0 Å². The van der Waals surface area contributed by atoms with E-state index in [0.29, 0.717) is 0 Å². The zero-order chi connectivity index (χ0) is 27.9. The summed E-state index contributed by atoms with van der Waals surface area (Å²) < 4.78 is 0. The van der Waals surface area contributed by atoms with Gasteiger partial charge in [0.05, 0.1) is 0 Å². The predicted molar refractivity (Wildman–Crippen MR) is 177 cm³/mol. The Morgan fingerprint density at radius 1 is 0.524 bits per heavy atom. The smallest absolute Gasteiger partial charge is 0.0492 e. The predicted octanol–water partition coefficient (Wildman–Crippen LogP) is 10.8. The van der Waals surface area contributed by atoms with Crippen molar-refractivity contribution in [2.75, 3.05) is 4.90 Å². The third-order valence-corrected chi connectivity index (χ3v) is 8.38. The van der Waals surface area contributed by atoms with E-state index in [9.17, 15) is 0 Å². The molecule has 0 atom stereocenters. The van der Waals surface area contributed by atoms with E-state index in [1.807, 2.05) is 12.4 Å². The Balaban J connectivity index is 1.24. The average Bonchev–Trinajstić information content (AvgIpc) is 3.18. The second kappa shape index (κ2) is 10.2. The molecule has 42 heavy (non-hydrogen) atoms. The summed E-state index contributed by atoms with van der Waals surface area (Å²) in [5.41, 5.74) is 13.6. The third-order valence-electron chi connectivity index (χ3n) is 8.38. The largest absolute Gasteiger partial charge is 0.310 e. The number of allylic oxidation sites excluding steroid dienone is 6. The van der Waals surface area contributed by atoms with Crippen LogP contribution in [0.25, 0.3) is 44.2 Å². The number of hydrogen-bond acceptors (Lipinski definition) is 2. The van der Waals surface area contributed by atoms with Gasteiger partial charge in [0.15, 0.2) is 0 Å². The molecule has 0 saturated heterocycles. The summed E-state index contributed by atoms with van der Waals surface area (Å²) in [7, 11) is 0. The number of hydrogen-bond donors (Lipinski definition) is 0. The molecule has 1 aromatic heterocycles. The van der Waals surface area contributed by atoms with Crippen molar-refractivity contribution in [3.63, 3.8) is 0 Å². The summed E-state index contributed by atoms with van der Waals surface area (Å²) in [6.45, 7) is 0. The Bertz CT molecular complexity index is 2030. The minimum Gasteiger partial charge on any atom is -0.310 e. The Labute approximate surface area is 246 Å². The van der Waals surface area contributed by atoms with Crippen LogP contribution >= 0.6 is 0 Å². The van der Waals surface area contributed by atoms with Gasteiger partial charge in [0, 0.05) is 29.5 Å². The van der Waals surface area contributed by atoms with Crippen LogP contribution in [-0.2, 0) is 0 Å². The van der Waals surface area contributed by atoms with E-state index in [2.05, 4.69) is 156 Å². The highest BCUT2D eigenvalue weighted by molar-refractivity contribution is 6.19. The van der Waals surface area contributed by atoms with Gasteiger partial charge in [-0.05, 0) is 98.1 Å². The zero-order valence-electron chi connectivity index (χ0n) is 23.1. The van der Waals surface area contributed by atoms with Gasteiger partial charge in [-0.15, -0.1) is 0 Å². The van der Waals surface area contributed by atoms with Gasteiger partial charge in [-0.1, -0.05) is 109 Å². The first-order valence-corrected chi connectivity index (χ1v) is 14.4. The molecule has 198 valence electrons. The van der Waals surface area contributed by atoms with Gasteiger partial charge in [0.25, 0.3) is 0 Å². The molecule has 0 unspecified atom stereocenters. The summed E-state index contributed by atoms with van der Waals surface area (Å²) in [4.78, 5) is 6.59. The summed E-state index contributed by atoms with van der Waals surface area (Å²) in [5.74, 6) is 0. The standard InChI is InChI=1S/C40H28N2/c1-3-9-28(10-4-1)29-17-19-31(20-18-29)42(32-23-25-41-26-24-32)33-12-7-11-30(27-33)34-21-22-39-36-14-6-2-5-13-35(36)38-16-8-15-37(34)40(38)39/h1-12,14-27H,13H2. The van der Waals surface area contributed by atoms with Crippen LogP contribution in [0, 0.1) is 0 Å². The zero-order valence-corrected chi connectivity index (χ0v) is 23.1. The monoisotopic (exact) mass is 536 g/mol. The highest BCUT2D eigenvalue weighted by Crippen LogP contribution is 2.48. The fourth-order valence-electron chi connectivity index (χ4n) is 6.45. The molecule has 0 spiro atoms. The lowest BCUT2D eigenvalue weighted by molar-refractivity contribution is 1.24. The maximum Gasteiger partial charge on any atom is 0.0492 e. The highest BCUT2D eigenvalue weighted by Gasteiger charge is 2.24. The molecule has 0 radical (unpaired) electrons. The van der Waals surface area contributed by atoms with Crippen LogP contribution in [0.1, 0.15) is 17.5 Å². The van der Waals surface area contributed by atoms with Gasteiger partial charge in [-0.25, -0.2) is 0 Å². The molecule has 2 aliphatic carbocycles. The van der Waals surface area contributed by atoms with Crippen LogP contribution in [-0.4, -0.2) is 4.98 Å². The molecule has 0 bridgehead atoms. The number of anilines is 3. The molecule has 2 heteroatoms. The van der Waals surface area contributed by atoms with Crippen LogP contribution in [0.2, 0.25) is 0 Å². The first kappa shape index (κ1) is 24.3. The van der Waals surface area contributed by atoms with Gasteiger partial charge in [-0.2, -0.15) is 0 Å². The lowest BCUT2D eigenvalue weighted by Gasteiger charge is -2.26. The van der Waals surface area contributed by atoms with Crippen molar-refractivity contribution >= 4 is 39.0 Å². The molecule has 0 N–H and O–H groups in total. The lowest BCUT2D eigenvalue weighted by atomic mass is 9.93. The maximum absolute atomic E-state index is 4.29. The van der Waals surface area contributed by atoms with Crippen LogP contribution < -0.4 is 4.90 Å². The summed E-state index contributed by atoms with van der Waals surface area (Å²) in [6.07, 6.45) is 13.5. The van der Waals surface area contributed by atoms with Crippen molar-refractivity contribution in [2.45, 2.75) is 6.42 Å². The highest BCUT2D eigenvalue weighted by atomic mass is 15.1. The third kappa shape index (κ3) is 4.08. The maximum atomic E-state index is 4.29. The van der Waals surface area contributed by atoms with E-state index in [1.54, 1.807) is 0 Å². The molecule has 2 nitrogen and oxygen atoms in total. The van der Waals surface area contributed by atoms with Crippen LogP contribution in [0.5, 0.6) is 0 Å². The molecule has 8 rings (SSSR count). The first-order valence-electron chi connectivity index (χ1n) is 14.4. The van der Waals surface area contributed by atoms with Gasteiger partial charge in [-0.3, -0.25) is 4.98 Å². The van der Waals surface area contributed by atoms with E-state index in [-0.39, 0.29) is 0 Å². The van der Waals surface area contributed by atoms with Gasteiger partial charge < -0.3 is 4.90 Å². The Kier molecular flexibility index (Phi) is 5.89. The quantitative estimate of drug-likeness (QED) is 0.218. The fraction of sp³-hybridized carbons (Fsp3) is 0.0250. The Morgan fingerprint density at radius 3 is 2.12 bits per heavy atom. The number of nitrogens with zero attached hydrogens (tertiary/aromatic N) is 2. The average molecular weight is 537 g/mol. The van der Waals surface area contributed by atoms with Crippen molar-refractivity contribution in [1.82, 2.24) is 4.98 Å². The SMILES string of the molecule is C1=CCC2=C(C=C1)c1ccc(-c3cccc(N(c4ccncc4)c4ccc(-c5ccccc5)cc4)c3)c3cccc2c13. The molecule has 0 fully saturated rings. The van der Waals surface area contributed by atoms with E-state index < -0.39 is 0 Å². The van der Waals surface area contributed by atoms with Crippen molar-refractivity contribution in [3.8, 4) is 22.3 Å². The van der Waals surface area contributed by atoms with E-state index in [0.717, 1.165) is 23.5 Å². The topological polar surface area (TPSA) is 16.1 Å². The number of rotatable bonds is 5. The molecule has 5 aromatic carbocycles. The van der Waals surface area contributed by atoms with Gasteiger partial charge in [0.1, 0.15) is 0 Å². The van der Waals surface area contributed by atoms with E-state index >= 15 is 0 Å². The lowest BCUT2D eigenvalue weighted by Crippen LogP contribution is -2.10. The van der Waals surface area contributed by atoms with Crippen molar-refractivity contribution in [3.05, 3.63) is 169 Å². The van der Waals surface area contributed by atoms with Crippen molar-refractivity contribution in [2.24, 2.45) is 0 Å². The molecule has 1 heterocycles. The van der Waals surface area contributed by atoms with E-state index in [1.165, 1.54) is 55.3 Å². The molecular weight excluding hydrogens is 508 g/mol. The van der Waals surface area contributed by atoms with Crippen LogP contribution in [0.4, 0.5) is 17.1 Å².